The van der Waals surface area contributed by atoms with Gasteiger partial charge in [0.2, 0.25) is 0 Å². The van der Waals surface area contributed by atoms with Crippen molar-refractivity contribution in [2.45, 2.75) is 45.1 Å². The second-order valence-corrected chi connectivity index (χ2v) is 6.21. The minimum absolute atomic E-state index is 0.00809. The Morgan fingerprint density at radius 3 is 2.71 bits per heavy atom. The van der Waals surface area contributed by atoms with Gasteiger partial charge in [0.05, 0.1) is 11.4 Å². The Bertz CT molecular complexity index is 499. The van der Waals surface area contributed by atoms with E-state index in [2.05, 4.69) is 12.2 Å². The van der Waals surface area contributed by atoms with E-state index in [1.165, 1.54) is 32.1 Å². The molecule has 0 aliphatic heterocycles. The number of carbonyl (C=O) groups excluding carboxylic acids is 1. The van der Waals surface area contributed by atoms with Gasteiger partial charge in [0, 0.05) is 25.7 Å². The zero-order chi connectivity index (χ0) is 15.4. The van der Waals surface area contributed by atoms with Gasteiger partial charge in [-0.2, -0.15) is 0 Å². The van der Waals surface area contributed by atoms with E-state index in [4.69, 9.17) is 5.73 Å². The first kappa shape index (κ1) is 15.7. The van der Waals surface area contributed by atoms with Crippen LogP contribution in [0.4, 0.5) is 11.4 Å². The topological polar surface area (TPSA) is 58.4 Å². The molecule has 1 saturated carbocycles. The smallest absolute Gasteiger partial charge is 0.253 e. The normalized spacial score (nSPS) is 21.9. The SMILES string of the molecule is CCC1CCCCC1Nc1cc(C(=O)N(C)C)ccc1N. The van der Waals surface area contributed by atoms with E-state index in [-0.39, 0.29) is 5.91 Å². The molecular weight excluding hydrogens is 262 g/mol. The fraction of sp³-hybridized carbons (Fsp3) is 0.588. The van der Waals surface area contributed by atoms with Crippen LogP contribution in [0.15, 0.2) is 18.2 Å². The summed E-state index contributed by atoms with van der Waals surface area (Å²) < 4.78 is 0. The minimum Gasteiger partial charge on any atom is -0.397 e. The van der Waals surface area contributed by atoms with Crippen molar-refractivity contribution in [3.63, 3.8) is 0 Å². The molecule has 2 rings (SSSR count). The number of benzene rings is 1. The molecule has 2 unspecified atom stereocenters. The fourth-order valence-electron chi connectivity index (χ4n) is 3.16. The highest BCUT2D eigenvalue weighted by atomic mass is 16.2. The summed E-state index contributed by atoms with van der Waals surface area (Å²) in [5.41, 5.74) is 8.37. The summed E-state index contributed by atoms with van der Waals surface area (Å²) in [4.78, 5) is 13.7. The molecule has 0 saturated heterocycles. The lowest BCUT2D eigenvalue weighted by atomic mass is 9.82. The molecule has 4 nitrogen and oxygen atoms in total. The molecular formula is C17H27N3O. The third-order valence-corrected chi connectivity index (χ3v) is 4.48. The number of rotatable bonds is 4. The number of nitrogens with one attached hydrogen (secondary N) is 1. The molecule has 3 N–H and O–H groups in total. The molecule has 1 aliphatic rings. The van der Waals surface area contributed by atoms with Gasteiger partial charge in [0.25, 0.3) is 5.91 Å². The molecule has 1 aromatic rings. The van der Waals surface area contributed by atoms with Crippen LogP contribution >= 0.6 is 0 Å². The summed E-state index contributed by atoms with van der Waals surface area (Å²) in [6, 6.07) is 5.97. The zero-order valence-electron chi connectivity index (χ0n) is 13.4. The zero-order valence-corrected chi connectivity index (χ0v) is 13.4. The van der Waals surface area contributed by atoms with Gasteiger partial charge in [-0.05, 0) is 37.0 Å². The first-order valence-electron chi connectivity index (χ1n) is 7.90. The quantitative estimate of drug-likeness (QED) is 0.836. The maximum Gasteiger partial charge on any atom is 0.253 e. The molecule has 0 bridgehead atoms. The predicted octanol–water partition coefficient (Wildman–Crippen LogP) is 3.35. The van der Waals surface area contributed by atoms with Crippen LogP contribution in [0.3, 0.4) is 0 Å². The highest BCUT2D eigenvalue weighted by Gasteiger charge is 2.24. The summed E-state index contributed by atoms with van der Waals surface area (Å²) in [5.74, 6) is 0.708. The molecule has 0 radical (unpaired) electrons. The Kier molecular flexibility index (Phi) is 5.10. The number of hydrogen-bond donors (Lipinski definition) is 2. The molecule has 0 spiro atoms. The number of nitrogen functional groups attached to an aromatic ring is 1. The molecule has 1 aromatic carbocycles. The average molecular weight is 289 g/mol. The number of hydrogen-bond acceptors (Lipinski definition) is 3. The predicted molar refractivity (Wildman–Crippen MR) is 88.5 cm³/mol. The monoisotopic (exact) mass is 289 g/mol. The standard InChI is InChI=1S/C17H27N3O/c1-4-12-7-5-6-8-15(12)19-16-11-13(9-10-14(16)18)17(21)20(2)3/h9-12,15,19H,4-8,18H2,1-3H3. The van der Waals surface area contributed by atoms with Crippen LogP contribution in [0.5, 0.6) is 0 Å². The third kappa shape index (κ3) is 3.69. The van der Waals surface area contributed by atoms with Crippen LogP contribution in [0.1, 0.15) is 49.4 Å². The van der Waals surface area contributed by atoms with E-state index in [0.717, 1.165) is 5.69 Å². The van der Waals surface area contributed by atoms with E-state index < -0.39 is 0 Å². The summed E-state index contributed by atoms with van der Waals surface area (Å²) in [6.07, 6.45) is 6.25. The molecule has 1 fully saturated rings. The molecule has 116 valence electrons. The lowest BCUT2D eigenvalue weighted by molar-refractivity contribution is 0.0827. The lowest BCUT2D eigenvalue weighted by Gasteiger charge is -2.32. The molecule has 21 heavy (non-hydrogen) atoms. The third-order valence-electron chi connectivity index (χ3n) is 4.48. The summed E-state index contributed by atoms with van der Waals surface area (Å²) in [6.45, 7) is 2.25. The van der Waals surface area contributed by atoms with Crippen molar-refractivity contribution in [3.8, 4) is 0 Å². The van der Waals surface area contributed by atoms with E-state index in [9.17, 15) is 4.79 Å². The summed E-state index contributed by atoms with van der Waals surface area (Å²) in [5, 5.41) is 3.59. The molecule has 2 atom stereocenters. The summed E-state index contributed by atoms with van der Waals surface area (Å²) >= 11 is 0. The Morgan fingerprint density at radius 2 is 2.05 bits per heavy atom. The van der Waals surface area contributed by atoms with Crippen molar-refractivity contribution in [2.24, 2.45) is 5.92 Å². The van der Waals surface area contributed by atoms with Crippen molar-refractivity contribution in [3.05, 3.63) is 23.8 Å². The lowest BCUT2D eigenvalue weighted by Crippen LogP contribution is -2.32. The number of carbonyl (C=O) groups is 1. The van der Waals surface area contributed by atoms with Gasteiger partial charge >= 0.3 is 0 Å². The molecule has 1 aliphatic carbocycles. The first-order chi connectivity index (χ1) is 10.0. The van der Waals surface area contributed by atoms with Crippen LogP contribution in [0.25, 0.3) is 0 Å². The average Bonchev–Trinajstić information content (AvgIpc) is 2.49. The van der Waals surface area contributed by atoms with Gasteiger partial charge in [0.15, 0.2) is 0 Å². The maximum atomic E-state index is 12.1. The van der Waals surface area contributed by atoms with E-state index >= 15 is 0 Å². The molecule has 1 amide bonds. The molecule has 0 aromatic heterocycles. The van der Waals surface area contributed by atoms with E-state index in [0.29, 0.717) is 23.2 Å². The number of nitrogens with zero attached hydrogens (tertiary/aromatic N) is 1. The van der Waals surface area contributed by atoms with Crippen LogP contribution < -0.4 is 11.1 Å². The van der Waals surface area contributed by atoms with Gasteiger partial charge in [-0.3, -0.25) is 4.79 Å². The van der Waals surface area contributed by atoms with Gasteiger partial charge in [-0.25, -0.2) is 0 Å². The molecule has 0 heterocycles. The Labute approximate surface area is 127 Å². The first-order valence-corrected chi connectivity index (χ1v) is 7.90. The van der Waals surface area contributed by atoms with Crippen molar-refractivity contribution < 1.29 is 4.79 Å². The van der Waals surface area contributed by atoms with Crippen LogP contribution in [0, 0.1) is 5.92 Å². The number of amides is 1. The van der Waals surface area contributed by atoms with Crippen molar-refractivity contribution >= 4 is 17.3 Å². The highest BCUT2D eigenvalue weighted by molar-refractivity contribution is 5.95. The second kappa shape index (κ2) is 6.83. The largest absolute Gasteiger partial charge is 0.397 e. The van der Waals surface area contributed by atoms with Crippen LogP contribution in [-0.2, 0) is 0 Å². The van der Waals surface area contributed by atoms with Gasteiger partial charge in [-0.15, -0.1) is 0 Å². The van der Waals surface area contributed by atoms with Gasteiger partial charge < -0.3 is 16.0 Å². The van der Waals surface area contributed by atoms with Crippen molar-refractivity contribution in [1.82, 2.24) is 4.90 Å². The van der Waals surface area contributed by atoms with Crippen molar-refractivity contribution in [2.75, 3.05) is 25.1 Å². The van der Waals surface area contributed by atoms with Gasteiger partial charge in [0.1, 0.15) is 0 Å². The van der Waals surface area contributed by atoms with E-state index in [1.54, 1.807) is 25.1 Å². The number of anilines is 2. The Hall–Kier alpha value is -1.71. The minimum atomic E-state index is 0.00809. The van der Waals surface area contributed by atoms with Gasteiger partial charge in [-0.1, -0.05) is 26.2 Å². The van der Waals surface area contributed by atoms with Crippen LogP contribution in [0.2, 0.25) is 0 Å². The summed E-state index contributed by atoms with van der Waals surface area (Å²) in [7, 11) is 3.53. The number of nitrogens with two attached hydrogens (primary N) is 1. The van der Waals surface area contributed by atoms with E-state index in [1.807, 2.05) is 12.1 Å². The Morgan fingerprint density at radius 1 is 1.33 bits per heavy atom. The second-order valence-electron chi connectivity index (χ2n) is 6.21. The Balaban J connectivity index is 2.18. The maximum absolute atomic E-state index is 12.1. The fourth-order valence-corrected chi connectivity index (χ4v) is 3.16. The highest BCUT2D eigenvalue weighted by Crippen LogP contribution is 2.31. The van der Waals surface area contributed by atoms with Crippen molar-refractivity contribution in [1.29, 1.82) is 0 Å². The van der Waals surface area contributed by atoms with Crippen LogP contribution in [-0.4, -0.2) is 30.9 Å². The molecule has 4 heteroatoms.